The van der Waals surface area contributed by atoms with E-state index in [4.69, 9.17) is 9.47 Å². The molecule has 1 rings (SSSR count). The van der Waals surface area contributed by atoms with Gasteiger partial charge in [0.05, 0.1) is 5.60 Å². The Labute approximate surface area is 96.9 Å². The van der Waals surface area contributed by atoms with Gasteiger partial charge in [0.2, 0.25) is 5.91 Å². The van der Waals surface area contributed by atoms with Crippen LogP contribution in [0.5, 0.6) is 0 Å². The number of ether oxygens (including phenoxy) is 2. The van der Waals surface area contributed by atoms with Crippen LogP contribution >= 0.6 is 0 Å². The van der Waals surface area contributed by atoms with Crippen LogP contribution in [0.4, 0.5) is 0 Å². The van der Waals surface area contributed by atoms with Crippen LogP contribution in [0.15, 0.2) is 0 Å². The Hall–Kier alpha value is -0.650. The van der Waals surface area contributed by atoms with Crippen molar-refractivity contribution in [1.82, 2.24) is 10.6 Å². The molecule has 1 saturated heterocycles. The van der Waals surface area contributed by atoms with Gasteiger partial charge in [-0.05, 0) is 20.3 Å². The van der Waals surface area contributed by atoms with Crippen LogP contribution in [0.2, 0.25) is 0 Å². The third-order valence-electron chi connectivity index (χ3n) is 2.54. The minimum Gasteiger partial charge on any atom is -0.382 e. The molecule has 0 aromatic carbocycles. The topological polar surface area (TPSA) is 59.6 Å². The molecule has 0 unspecified atom stereocenters. The summed E-state index contributed by atoms with van der Waals surface area (Å²) in [5.74, 6) is -0.0513. The van der Waals surface area contributed by atoms with Crippen LogP contribution in [0.25, 0.3) is 0 Å². The zero-order chi connectivity index (χ0) is 11.9. The van der Waals surface area contributed by atoms with Crippen molar-refractivity contribution in [2.45, 2.75) is 25.9 Å². The van der Waals surface area contributed by atoms with Gasteiger partial charge in [0.25, 0.3) is 0 Å². The van der Waals surface area contributed by atoms with Gasteiger partial charge in [0.1, 0.15) is 6.61 Å². The average molecular weight is 230 g/mol. The normalized spacial score (nSPS) is 17.9. The Morgan fingerprint density at radius 3 is 2.81 bits per heavy atom. The molecule has 1 aliphatic rings. The molecule has 0 atom stereocenters. The lowest BCUT2D eigenvalue weighted by molar-refractivity contribution is -0.135. The van der Waals surface area contributed by atoms with Crippen molar-refractivity contribution < 1.29 is 14.3 Å². The Morgan fingerprint density at radius 1 is 1.50 bits per heavy atom. The number of nitrogens with one attached hydrogen (secondary N) is 2. The minimum atomic E-state index is -0.150. The molecule has 1 amide bonds. The first kappa shape index (κ1) is 13.4. The van der Waals surface area contributed by atoms with Crippen molar-refractivity contribution in [3.63, 3.8) is 0 Å². The molecule has 1 aliphatic heterocycles. The van der Waals surface area contributed by atoms with E-state index in [9.17, 15) is 4.79 Å². The number of hydrogen-bond acceptors (Lipinski definition) is 4. The fraction of sp³-hybridized carbons (Fsp3) is 0.909. The predicted molar refractivity (Wildman–Crippen MR) is 61.3 cm³/mol. The van der Waals surface area contributed by atoms with Gasteiger partial charge in [-0.3, -0.25) is 4.79 Å². The summed E-state index contributed by atoms with van der Waals surface area (Å²) in [4.78, 5) is 11.4. The van der Waals surface area contributed by atoms with E-state index < -0.39 is 0 Å². The maximum absolute atomic E-state index is 11.4. The van der Waals surface area contributed by atoms with Gasteiger partial charge >= 0.3 is 0 Å². The standard InChI is InChI=1S/C11H22N2O3/c1-3-15-6-4-5-13-10(14)7-16-11(2)8-12-9-11/h12H,3-9H2,1-2H3,(H,13,14). The van der Waals surface area contributed by atoms with Crippen molar-refractivity contribution in [1.29, 1.82) is 0 Å². The number of carbonyl (C=O) groups excluding carboxylic acids is 1. The van der Waals surface area contributed by atoms with Crippen molar-refractivity contribution in [2.24, 2.45) is 0 Å². The van der Waals surface area contributed by atoms with E-state index in [0.29, 0.717) is 13.2 Å². The smallest absolute Gasteiger partial charge is 0.246 e. The summed E-state index contributed by atoms with van der Waals surface area (Å²) in [5.41, 5.74) is -0.150. The van der Waals surface area contributed by atoms with Crippen molar-refractivity contribution in [3.8, 4) is 0 Å². The van der Waals surface area contributed by atoms with Crippen LogP contribution in [-0.2, 0) is 14.3 Å². The predicted octanol–water partition coefficient (Wildman–Crippen LogP) is -0.0923. The molecule has 16 heavy (non-hydrogen) atoms. The maximum atomic E-state index is 11.4. The van der Waals surface area contributed by atoms with Crippen LogP contribution in [0, 0.1) is 0 Å². The van der Waals surface area contributed by atoms with Gasteiger partial charge in [0, 0.05) is 32.8 Å². The summed E-state index contributed by atoms with van der Waals surface area (Å²) in [7, 11) is 0. The quantitative estimate of drug-likeness (QED) is 0.572. The molecule has 5 heteroatoms. The molecule has 94 valence electrons. The largest absolute Gasteiger partial charge is 0.382 e. The molecule has 2 N–H and O–H groups in total. The second-order valence-corrected chi connectivity index (χ2v) is 4.24. The Balaban J connectivity index is 1.94. The lowest BCUT2D eigenvalue weighted by atomic mass is 10.0. The second kappa shape index (κ2) is 6.83. The fourth-order valence-electron chi connectivity index (χ4n) is 1.42. The molecule has 0 aromatic heterocycles. The Morgan fingerprint density at radius 2 is 2.25 bits per heavy atom. The van der Waals surface area contributed by atoms with Crippen LogP contribution in [0.1, 0.15) is 20.3 Å². The van der Waals surface area contributed by atoms with Gasteiger partial charge < -0.3 is 20.1 Å². The molecular weight excluding hydrogens is 208 g/mol. The van der Waals surface area contributed by atoms with E-state index in [-0.39, 0.29) is 18.1 Å². The molecule has 0 aromatic rings. The van der Waals surface area contributed by atoms with Gasteiger partial charge in [-0.2, -0.15) is 0 Å². The third-order valence-corrected chi connectivity index (χ3v) is 2.54. The summed E-state index contributed by atoms with van der Waals surface area (Å²) in [6.45, 7) is 7.83. The minimum absolute atomic E-state index is 0.0513. The number of hydrogen-bond donors (Lipinski definition) is 2. The van der Waals surface area contributed by atoms with E-state index >= 15 is 0 Å². The summed E-state index contributed by atoms with van der Waals surface area (Å²) >= 11 is 0. The van der Waals surface area contributed by atoms with Crippen molar-refractivity contribution in [3.05, 3.63) is 0 Å². The molecule has 1 fully saturated rings. The van der Waals surface area contributed by atoms with Gasteiger partial charge in [-0.25, -0.2) is 0 Å². The molecule has 0 radical (unpaired) electrons. The summed E-state index contributed by atoms with van der Waals surface area (Å²) < 4.78 is 10.7. The van der Waals surface area contributed by atoms with Gasteiger partial charge in [-0.15, -0.1) is 0 Å². The van der Waals surface area contributed by atoms with Gasteiger partial charge in [0.15, 0.2) is 0 Å². The second-order valence-electron chi connectivity index (χ2n) is 4.24. The third kappa shape index (κ3) is 4.92. The van der Waals surface area contributed by atoms with Gasteiger partial charge in [-0.1, -0.05) is 0 Å². The van der Waals surface area contributed by atoms with E-state index in [1.54, 1.807) is 0 Å². The SMILES string of the molecule is CCOCCCNC(=O)COC1(C)CNC1. The first-order valence-electron chi connectivity index (χ1n) is 5.85. The lowest BCUT2D eigenvalue weighted by Crippen LogP contribution is -2.59. The highest BCUT2D eigenvalue weighted by molar-refractivity contribution is 5.77. The molecule has 5 nitrogen and oxygen atoms in total. The average Bonchev–Trinajstić information content (AvgIpc) is 2.23. The highest BCUT2D eigenvalue weighted by atomic mass is 16.5. The summed E-state index contributed by atoms with van der Waals surface area (Å²) in [6.07, 6.45) is 0.846. The number of carbonyl (C=O) groups is 1. The summed E-state index contributed by atoms with van der Waals surface area (Å²) in [6, 6.07) is 0. The monoisotopic (exact) mass is 230 g/mol. The molecule has 1 heterocycles. The van der Waals surface area contributed by atoms with E-state index in [1.165, 1.54) is 0 Å². The van der Waals surface area contributed by atoms with Crippen molar-refractivity contribution >= 4 is 5.91 Å². The van der Waals surface area contributed by atoms with E-state index in [2.05, 4.69) is 10.6 Å². The Bertz CT molecular complexity index is 217. The highest BCUT2D eigenvalue weighted by Gasteiger charge is 2.32. The van der Waals surface area contributed by atoms with E-state index in [1.807, 2.05) is 13.8 Å². The highest BCUT2D eigenvalue weighted by Crippen LogP contribution is 2.14. The van der Waals surface area contributed by atoms with E-state index in [0.717, 1.165) is 26.1 Å². The molecular formula is C11H22N2O3. The van der Waals surface area contributed by atoms with Crippen LogP contribution in [0.3, 0.4) is 0 Å². The van der Waals surface area contributed by atoms with Crippen LogP contribution < -0.4 is 10.6 Å². The molecule has 0 saturated carbocycles. The zero-order valence-corrected chi connectivity index (χ0v) is 10.2. The molecule has 0 bridgehead atoms. The maximum Gasteiger partial charge on any atom is 0.246 e. The molecule has 0 aliphatic carbocycles. The first-order valence-corrected chi connectivity index (χ1v) is 5.85. The van der Waals surface area contributed by atoms with Crippen molar-refractivity contribution in [2.75, 3.05) is 39.5 Å². The first-order chi connectivity index (χ1) is 7.66. The lowest BCUT2D eigenvalue weighted by Gasteiger charge is -2.38. The zero-order valence-electron chi connectivity index (χ0n) is 10.2. The number of amides is 1. The Kier molecular flexibility index (Phi) is 5.73. The van der Waals surface area contributed by atoms with Crippen LogP contribution in [-0.4, -0.2) is 51.0 Å². The fourth-order valence-corrected chi connectivity index (χ4v) is 1.42. The molecule has 0 spiro atoms. The number of rotatable bonds is 8. The summed E-state index contributed by atoms with van der Waals surface area (Å²) in [5, 5.41) is 5.92.